The Morgan fingerprint density at radius 2 is 2.11 bits per heavy atom. The highest BCUT2D eigenvalue weighted by Gasteiger charge is 2.22. The highest BCUT2D eigenvalue weighted by molar-refractivity contribution is 9.10. The van der Waals surface area contributed by atoms with E-state index in [1.807, 2.05) is 13.8 Å². The summed E-state index contributed by atoms with van der Waals surface area (Å²) in [7, 11) is 0. The number of hydrogen-bond acceptors (Lipinski definition) is 5. The van der Waals surface area contributed by atoms with Gasteiger partial charge in [0.05, 0.1) is 9.40 Å². The second-order valence-corrected chi connectivity index (χ2v) is 5.40. The highest BCUT2D eigenvalue weighted by atomic mass is 79.9. The lowest BCUT2D eigenvalue weighted by molar-refractivity contribution is -0.385. The summed E-state index contributed by atoms with van der Waals surface area (Å²) in [5, 5.41) is 14.0. The number of anilines is 1. The summed E-state index contributed by atoms with van der Waals surface area (Å²) >= 11 is 3.34. The Morgan fingerprint density at radius 3 is 2.58 bits per heavy atom. The molecule has 6 nitrogen and oxygen atoms in total. The molecular formula is C12H19BrN4O2. The van der Waals surface area contributed by atoms with E-state index in [4.69, 9.17) is 5.73 Å². The molecule has 0 aliphatic heterocycles. The molecule has 1 rings (SSSR count). The van der Waals surface area contributed by atoms with Crippen LogP contribution in [0.3, 0.4) is 0 Å². The number of nitro groups is 1. The van der Waals surface area contributed by atoms with Crippen molar-refractivity contribution in [2.75, 3.05) is 11.9 Å². The van der Waals surface area contributed by atoms with Crippen molar-refractivity contribution >= 4 is 27.4 Å². The lowest BCUT2D eigenvalue weighted by Crippen LogP contribution is -2.45. The fraction of sp³-hybridized carbons (Fsp3) is 0.583. The first-order chi connectivity index (χ1) is 8.84. The lowest BCUT2D eigenvalue weighted by atomic mass is 9.94. The molecule has 0 aliphatic rings. The van der Waals surface area contributed by atoms with E-state index in [1.165, 1.54) is 6.20 Å². The molecule has 0 spiro atoms. The fourth-order valence-electron chi connectivity index (χ4n) is 1.64. The molecule has 1 aromatic heterocycles. The molecule has 1 heterocycles. The van der Waals surface area contributed by atoms with Crippen molar-refractivity contribution in [2.24, 2.45) is 5.73 Å². The summed E-state index contributed by atoms with van der Waals surface area (Å²) in [4.78, 5) is 14.4. The topological polar surface area (TPSA) is 94.1 Å². The zero-order valence-electron chi connectivity index (χ0n) is 11.4. The van der Waals surface area contributed by atoms with Crippen molar-refractivity contribution < 1.29 is 4.92 Å². The van der Waals surface area contributed by atoms with Gasteiger partial charge in [-0.2, -0.15) is 0 Å². The van der Waals surface area contributed by atoms with Crippen LogP contribution in [0.15, 0.2) is 10.7 Å². The van der Waals surface area contributed by atoms with Crippen LogP contribution in [0.2, 0.25) is 0 Å². The quantitative estimate of drug-likeness (QED) is 0.617. The highest BCUT2D eigenvalue weighted by Crippen LogP contribution is 2.30. The number of halogens is 1. The predicted molar refractivity (Wildman–Crippen MR) is 79.3 cm³/mol. The molecule has 0 aromatic carbocycles. The van der Waals surface area contributed by atoms with E-state index in [-0.39, 0.29) is 11.2 Å². The average Bonchev–Trinajstić information content (AvgIpc) is 2.39. The predicted octanol–water partition coefficient (Wildman–Crippen LogP) is 2.99. The number of nitrogens with one attached hydrogen (secondary N) is 1. The summed E-state index contributed by atoms with van der Waals surface area (Å²) in [6.07, 6.45) is 2.96. The van der Waals surface area contributed by atoms with Crippen LogP contribution in [0.25, 0.3) is 0 Å². The lowest BCUT2D eigenvalue weighted by Gasteiger charge is -2.27. The van der Waals surface area contributed by atoms with Gasteiger partial charge in [0.15, 0.2) is 0 Å². The van der Waals surface area contributed by atoms with E-state index < -0.39 is 4.92 Å². The summed E-state index contributed by atoms with van der Waals surface area (Å²) in [5.74, 6) is 0.583. The SMILES string of the molecule is CCC(N)(CC)CNc1ncc([N+](=O)[O-])c(C)c1Br. The minimum atomic E-state index is -0.442. The Labute approximate surface area is 121 Å². The van der Waals surface area contributed by atoms with Gasteiger partial charge in [0.1, 0.15) is 12.0 Å². The molecule has 106 valence electrons. The van der Waals surface area contributed by atoms with Gasteiger partial charge in [-0.25, -0.2) is 4.98 Å². The normalized spacial score (nSPS) is 11.4. The average molecular weight is 331 g/mol. The fourth-order valence-corrected chi connectivity index (χ4v) is 2.08. The maximum Gasteiger partial charge on any atom is 0.291 e. The van der Waals surface area contributed by atoms with Crippen molar-refractivity contribution in [1.29, 1.82) is 0 Å². The van der Waals surface area contributed by atoms with Gasteiger partial charge in [-0.05, 0) is 35.7 Å². The third kappa shape index (κ3) is 3.63. The second kappa shape index (κ2) is 6.29. The Kier molecular flexibility index (Phi) is 5.25. The maximum atomic E-state index is 10.8. The van der Waals surface area contributed by atoms with Gasteiger partial charge < -0.3 is 11.1 Å². The minimum absolute atomic E-state index is 0.00224. The molecule has 0 radical (unpaired) electrons. The van der Waals surface area contributed by atoms with Gasteiger partial charge in [0, 0.05) is 17.6 Å². The molecule has 0 atom stereocenters. The molecule has 0 fully saturated rings. The molecule has 0 saturated heterocycles. The summed E-state index contributed by atoms with van der Waals surface area (Å²) in [6.45, 7) is 6.33. The number of pyridine rings is 1. The monoisotopic (exact) mass is 330 g/mol. The van der Waals surface area contributed by atoms with E-state index in [0.29, 0.717) is 22.4 Å². The molecule has 1 aromatic rings. The molecule has 19 heavy (non-hydrogen) atoms. The third-order valence-corrected chi connectivity index (χ3v) is 4.42. The van der Waals surface area contributed by atoms with Crippen LogP contribution in [0.4, 0.5) is 11.5 Å². The first-order valence-corrected chi connectivity index (χ1v) is 6.96. The third-order valence-electron chi connectivity index (χ3n) is 3.45. The van der Waals surface area contributed by atoms with Crippen LogP contribution in [0.5, 0.6) is 0 Å². The minimum Gasteiger partial charge on any atom is -0.367 e. The molecule has 7 heteroatoms. The first kappa shape index (κ1) is 15.8. The molecule has 0 bridgehead atoms. The first-order valence-electron chi connectivity index (χ1n) is 6.17. The molecule has 0 amide bonds. The van der Waals surface area contributed by atoms with Crippen molar-refractivity contribution in [3.63, 3.8) is 0 Å². The molecular weight excluding hydrogens is 312 g/mol. The zero-order chi connectivity index (χ0) is 14.6. The van der Waals surface area contributed by atoms with Crippen LogP contribution < -0.4 is 11.1 Å². The number of rotatable bonds is 6. The van der Waals surface area contributed by atoms with Crippen molar-refractivity contribution in [3.8, 4) is 0 Å². The van der Waals surface area contributed by atoms with Gasteiger partial charge in [-0.15, -0.1) is 0 Å². The van der Waals surface area contributed by atoms with E-state index in [2.05, 4.69) is 26.2 Å². The van der Waals surface area contributed by atoms with Crippen LogP contribution >= 0.6 is 15.9 Å². The standard InChI is InChI=1S/C12H19BrN4O2/c1-4-12(14,5-2)7-16-11-10(13)8(3)9(6-15-11)17(18)19/h6H,4-5,7,14H2,1-3H3,(H,15,16). The largest absolute Gasteiger partial charge is 0.367 e. The van der Waals surface area contributed by atoms with E-state index >= 15 is 0 Å². The summed E-state index contributed by atoms with van der Waals surface area (Å²) < 4.78 is 0.608. The molecule has 0 unspecified atom stereocenters. The summed E-state index contributed by atoms with van der Waals surface area (Å²) in [6, 6.07) is 0. The molecule has 3 N–H and O–H groups in total. The zero-order valence-corrected chi connectivity index (χ0v) is 13.0. The van der Waals surface area contributed by atoms with Gasteiger partial charge in [-0.3, -0.25) is 10.1 Å². The number of hydrogen-bond donors (Lipinski definition) is 2. The number of nitrogens with two attached hydrogens (primary N) is 1. The Hall–Kier alpha value is -1.21. The van der Waals surface area contributed by atoms with E-state index in [1.54, 1.807) is 6.92 Å². The van der Waals surface area contributed by atoms with Gasteiger partial charge >= 0.3 is 0 Å². The van der Waals surface area contributed by atoms with Crippen LogP contribution in [0, 0.1) is 17.0 Å². The molecule has 0 saturated carbocycles. The smallest absolute Gasteiger partial charge is 0.291 e. The van der Waals surface area contributed by atoms with Gasteiger partial charge in [-0.1, -0.05) is 13.8 Å². The van der Waals surface area contributed by atoms with Crippen LogP contribution in [-0.2, 0) is 0 Å². The van der Waals surface area contributed by atoms with Crippen molar-refractivity contribution in [3.05, 3.63) is 26.3 Å². The second-order valence-electron chi connectivity index (χ2n) is 4.61. The molecule has 0 aliphatic carbocycles. The number of aromatic nitrogens is 1. The Morgan fingerprint density at radius 1 is 1.53 bits per heavy atom. The van der Waals surface area contributed by atoms with Crippen LogP contribution in [0.1, 0.15) is 32.3 Å². The van der Waals surface area contributed by atoms with E-state index in [9.17, 15) is 10.1 Å². The number of nitrogens with zero attached hydrogens (tertiary/aromatic N) is 2. The Bertz CT molecular complexity index is 475. The van der Waals surface area contributed by atoms with Gasteiger partial charge in [0.25, 0.3) is 5.69 Å². The van der Waals surface area contributed by atoms with Crippen molar-refractivity contribution in [2.45, 2.75) is 39.2 Å². The van der Waals surface area contributed by atoms with Gasteiger partial charge in [0.2, 0.25) is 0 Å². The maximum absolute atomic E-state index is 10.8. The van der Waals surface area contributed by atoms with E-state index in [0.717, 1.165) is 12.8 Å². The summed E-state index contributed by atoms with van der Waals surface area (Å²) in [5.41, 5.74) is 6.46. The Balaban J connectivity index is 2.92. The van der Waals surface area contributed by atoms with Crippen molar-refractivity contribution in [1.82, 2.24) is 4.98 Å². The van der Waals surface area contributed by atoms with Crippen LogP contribution in [-0.4, -0.2) is 22.0 Å².